The summed E-state index contributed by atoms with van der Waals surface area (Å²) in [6.07, 6.45) is 3.99. The lowest BCUT2D eigenvalue weighted by Gasteiger charge is -2.31. The summed E-state index contributed by atoms with van der Waals surface area (Å²) in [6.45, 7) is 1.65. The third-order valence-electron chi connectivity index (χ3n) is 3.95. The number of benzene rings is 1. The Morgan fingerprint density at radius 3 is 2.62 bits per heavy atom. The molecule has 1 fully saturated rings. The first-order valence-electron chi connectivity index (χ1n) is 6.97. The van der Waals surface area contributed by atoms with E-state index in [0.29, 0.717) is 18.4 Å². The first kappa shape index (κ1) is 15.0. The summed E-state index contributed by atoms with van der Waals surface area (Å²) in [5.41, 5.74) is -0.546. The molecule has 110 valence electrons. The van der Waals surface area contributed by atoms with Crippen molar-refractivity contribution in [3.05, 3.63) is 39.4 Å². The minimum absolute atomic E-state index is 0.0442. The number of nitrogens with one attached hydrogen (secondary N) is 1. The molecule has 0 spiro atoms. The van der Waals surface area contributed by atoms with E-state index in [2.05, 4.69) is 11.4 Å². The van der Waals surface area contributed by atoms with Gasteiger partial charge in [0.05, 0.1) is 11.0 Å². The van der Waals surface area contributed by atoms with Gasteiger partial charge < -0.3 is 5.32 Å². The molecule has 1 aromatic carbocycles. The van der Waals surface area contributed by atoms with Crippen molar-refractivity contribution in [2.24, 2.45) is 0 Å². The molecule has 6 heteroatoms. The van der Waals surface area contributed by atoms with E-state index in [1.807, 2.05) is 0 Å². The Kier molecular flexibility index (Phi) is 4.22. The maximum absolute atomic E-state index is 12.5. The normalized spacial score (nSPS) is 16.8. The monoisotopic (exact) mass is 287 g/mol. The van der Waals surface area contributed by atoms with Gasteiger partial charge in [0.25, 0.3) is 11.6 Å². The van der Waals surface area contributed by atoms with Gasteiger partial charge in [-0.1, -0.05) is 31.4 Å². The van der Waals surface area contributed by atoms with E-state index in [9.17, 15) is 20.2 Å². The summed E-state index contributed by atoms with van der Waals surface area (Å²) >= 11 is 0. The van der Waals surface area contributed by atoms with Gasteiger partial charge in [-0.05, 0) is 25.3 Å². The highest BCUT2D eigenvalue weighted by Gasteiger charge is 2.35. The third-order valence-corrected chi connectivity index (χ3v) is 3.95. The van der Waals surface area contributed by atoms with E-state index in [1.54, 1.807) is 19.1 Å². The van der Waals surface area contributed by atoms with Crippen molar-refractivity contribution in [1.29, 1.82) is 5.26 Å². The quantitative estimate of drug-likeness (QED) is 0.682. The highest BCUT2D eigenvalue weighted by atomic mass is 16.6. The fourth-order valence-corrected chi connectivity index (χ4v) is 2.80. The molecule has 0 heterocycles. The fraction of sp³-hybridized carbons (Fsp3) is 0.467. The van der Waals surface area contributed by atoms with Crippen molar-refractivity contribution in [2.45, 2.75) is 44.6 Å². The molecule has 0 aromatic heterocycles. The second kappa shape index (κ2) is 5.92. The number of nitro benzene ring substituents is 1. The zero-order valence-electron chi connectivity index (χ0n) is 11.9. The Morgan fingerprint density at radius 2 is 2.05 bits per heavy atom. The Morgan fingerprint density at radius 1 is 1.38 bits per heavy atom. The summed E-state index contributed by atoms with van der Waals surface area (Å²) < 4.78 is 0. The number of aryl methyl sites for hydroxylation is 1. The summed E-state index contributed by atoms with van der Waals surface area (Å²) in [5, 5.41) is 23.2. The van der Waals surface area contributed by atoms with E-state index in [-0.39, 0.29) is 11.3 Å². The molecule has 1 N–H and O–H groups in total. The predicted molar refractivity (Wildman–Crippen MR) is 76.7 cm³/mol. The van der Waals surface area contributed by atoms with Gasteiger partial charge in [-0.15, -0.1) is 0 Å². The molecule has 0 unspecified atom stereocenters. The van der Waals surface area contributed by atoms with Gasteiger partial charge in [-0.25, -0.2) is 0 Å². The molecule has 0 atom stereocenters. The molecule has 0 radical (unpaired) electrons. The molecule has 6 nitrogen and oxygen atoms in total. The van der Waals surface area contributed by atoms with Gasteiger partial charge in [0.2, 0.25) is 0 Å². The maximum atomic E-state index is 12.5. The zero-order valence-corrected chi connectivity index (χ0v) is 11.9. The topological polar surface area (TPSA) is 96.0 Å². The van der Waals surface area contributed by atoms with Crippen molar-refractivity contribution in [3.8, 4) is 6.07 Å². The lowest BCUT2D eigenvalue weighted by Crippen LogP contribution is -2.48. The van der Waals surface area contributed by atoms with Crippen LogP contribution < -0.4 is 5.32 Å². The predicted octanol–water partition coefficient (Wildman–Crippen LogP) is 2.86. The molecular weight excluding hydrogens is 270 g/mol. The van der Waals surface area contributed by atoms with Crippen LogP contribution in [0.5, 0.6) is 0 Å². The van der Waals surface area contributed by atoms with Crippen LogP contribution in [0.15, 0.2) is 18.2 Å². The zero-order chi connectivity index (χ0) is 15.5. The molecule has 2 rings (SSSR count). The SMILES string of the molecule is Cc1cccc([N+](=O)[O-])c1C(=O)NC1(C#N)CCCCC1. The van der Waals surface area contributed by atoms with Gasteiger partial charge in [-0.3, -0.25) is 14.9 Å². The largest absolute Gasteiger partial charge is 0.333 e. The van der Waals surface area contributed by atoms with Crippen molar-refractivity contribution in [2.75, 3.05) is 0 Å². The second-order valence-corrected chi connectivity index (χ2v) is 5.43. The van der Waals surface area contributed by atoms with Gasteiger partial charge >= 0.3 is 0 Å². The van der Waals surface area contributed by atoms with E-state index < -0.39 is 16.4 Å². The smallest absolute Gasteiger partial charge is 0.282 e. The number of nitrogens with zero attached hydrogens (tertiary/aromatic N) is 2. The molecule has 1 saturated carbocycles. The van der Waals surface area contributed by atoms with Crippen LogP contribution >= 0.6 is 0 Å². The second-order valence-electron chi connectivity index (χ2n) is 5.43. The van der Waals surface area contributed by atoms with Gasteiger partial charge in [0, 0.05) is 6.07 Å². The van der Waals surface area contributed by atoms with E-state index in [1.165, 1.54) is 6.07 Å². The third kappa shape index (κ3) is 3.02. The molecule has 0 bridgehead atoms. The lowest BCUT2D eigenvalue weighted by molar-refractivity contribution is -0.385. The summed E-state index contributed by atoms with van der Waals surface area (Å²) in [6, 6.07) is 6.69. The van der Waals surface area contributed by atoms with Crippen molar-refractivity contribution in [1.82, 2.24) is 5.32 Å². The average Bonchev–Trinajstić information content (AvgIpc) is 2.47. The van der Waals surface area contributed by atoms with Crippen LogP contribution in [0, 0.1) is 28.4 Å². The Bertz CT molecular complexity index is 613. The molecule has 1 aliphatic rings. The minimum atomic E-state index is -0.897. The van der Waals surface area contributed by atoms with Crippen LogP contribution in [-0.4, -0.2) is 16.4 Å². The summed E-state index contributed by atoms with van der Waals surface area (Å²) in [5.74, 6) is -0.539. The summed E-state index contributed by atoms with van der Waals surface area (Å²) in [7, 11) is 0. The molecule has 1 aliphatic carbocycles. The lowest BCUT2D eigenvalue weighted by atomic mass is 9.82. The van der Waals surface area contributed by atoms with Crippen LogP contribution in [0.2, 0.25) is 0 Å². The van der Waals surface area contributed by atoms with Crippen LogP contribution in [0.3, 0.4) is 0 Å². The van der Waals surface area contributed by atoms with E-state index >= 15 is 0 Å². The fourth-order valence-electron chi connectivity index (χ4n) is 2.80. The van der Waals surface area contributed by atoms with E-state index in [0.717, 1.165) is 19.3 Å². The number of amides is 1. The first-order chi connectivity index (χ1) is 9.99. The van der Waals surface area contributed by atoms with Crippen LogP contribution in [0.4, 0.5) is 5.69 Å². The number of carbonyl (C=O) groups is 1. The van der Waals surface area contributed by atoms with Crippen LogP contribution in [0.1, 0.15) is 48.0 Å². The number of hydrogen-bond donors (Lipinski definition) is 1. The number of carbonyl (C=O) groups excluding carboxylic acids is 1. The maximum Gasteiger partial charge on any atom is 0.282 e. The summed E-state index contributed by atoms with van der Waals surface area (Å²) in [4.78, 5) is 23.0. The van der Waals surface area contributed by atoms with Crippen molar-refractivity contribution in [3.63, 3.8) is 0 Å². The molecule has 1 amide bonds. The van der Waals surface area contributed by atoms with Gasteiger partial charge in [0.1, 0.15) is 11.1 Å². The Hall–Kier alpha value is -2.42. The van der Waals surface area contributed by atoms with Crippen molar-refractivity contribution < 1.29 is 9.72 Å². The number of nitriles is 1. The van der Waals surface area contributed by atoms with Crippen LogP contribution in [-0.2, 0) is 0 Å². The average molecular weight is 287 g/mol. The minimum Gasteiger partial charge on any atom is -0.333 e. The van der Waals surface area contributed by atoms with Crippen molar-refractivity contribution >= 4 is 11.6 Å². The molecule has 21 heavy (non-hydrogen) atoms. The Balaban J connectivity index is 2.33. The highest BCUT2D eigenvalue weighted by Crippen LogP contribution is 2.29. The number of rotatable bonds is 3. The van der Waals surface area contributed by atoms with Gasteiger partial charge in [0.15, 0.2) is 0 Å². The van der Waals surface area contributed by atoms with Crippen LogP contribution in [0.25, 0.3) is 0 Å². The highest BCUT2D eigenvalue weighted by molar-refractivity contribution is 6.00. The molecule has 0 saturated heterocycles. The molecule has 0 aliphatic heterocycles. The van der Waals surface area contributed by atoms with E-state index in [4.69, 9.17) is 0 Å². The van der Waals surface area contributed by atoms with Gasteiger partial charge in [-0.2, -0.15) is 5.26 Å². The first-order valence-corrected chi connectivity index (χ1v) is 6.97. The Labute approximate surface area is 122 Å². The standard InChI is InChI=1S/C15H17N3O3/c1-11-6-5-7-12(18(20)21)13(11)14(19)17-15(10-16)8-3-2-4-9-15/h5-7H,2-4,8-9H2,1H3,(H,17,19). The molecular formula is C15H17N3O3. The molecule has 1 aromatic rings. The number of nitro groups is 1. The number of hydrogen-bond acceptors (Lipinski definition) is 4.